The van der Waals surface area contributed by atoms with E-state index in [2.05, 4.69) is 19.9 Å². The zero-order valence-corrected chi connectivity index (χ0v) is 20.4. The average molecular weight is 495 g/mol. The minimum Gasteiger partial charge on any atom is -0.457 e. The molecule has 0 atom stereocenters. The molecule has 6 nitrogen and oxygen atoms in total. The number of aromatic nitrogens is 3. The van der Waals surface area contributed by atoms with Crippen molar-refractivity contribution in [1.82, 2.24) is 19.9 Å². The van der Waals surface area contributed by atoms with E-state index >= 15 is 0 Å². The molecule has 0 N–H and O–H groups in total. The van der Waals surface area contributed by atoms with E-state index in [9.17, 15) is 13.6 Å². The minimum absolute atomic E-state index is 0.0369. The highest BCUT2D eigenvalue weighted by Gasteiger charge is 2.25. The summed E-state index contributed by atoms with van der Waals surface area (Å²) < 4.78 is 29.6. The Labute approximate surface area is 210 Å². The standard InChI is InChI=1S/C28H32F2N4O2/c29-27(30)18-36-28-32-16-21-17-34(14-11-24(21)33-28)13-10-19-6-8-20(9-7-19)15-26(35)23-3-1-5-25-22(23)4-2-12-31-25/h1-5,12,16,19-20,27H,6-11,13-15,17-18H2. The van der Waals surface area contributed by atoms with Gasteiger partial charge in [0.05, 0.1) is 11.2 Å². The van der Waals surface area contributed by atoms with Gasteiger partial charge in [0.2, 0.25) is 0 Å². The van der Waals surface area contributed by atoms with Crippen molar-refractivity contribution >= 4 is 16.7 Å². The summed E-state index contributed by atoms with van der Waals surface area (Å²) in [6.07, 6.45) is 8.06. The molecule has 1 fully saturated rings. The van der Waals surface area contributed by atoms with Gasteiger partial charge in [-0.05, 0) is 49.8 Å². The van der Waals surface area contributed by atoms with Crippen LogP contribution in [0.15, 0.2) is 42.7 Å². The zero-order valence-electron chi connectivity index (χ0n) is 20.4. The van der Waals surface area contributed by atoms with Crippen molar-refractivity contribution in [2.24, 2.45) is 11.8 Å². The van der Waals surface area contributed by atoms with Gasteiger partial charge in [0.25, 0.3) is 6.43 Å². The Kier molecular flexibility index (Phi) is 7.80. The molecule has 2 aliphatic rings. The van der Waals surface area contributed by atoms with Gasteiger partial charge in [-0.3, -0.25) is 14.7 Å². The number of Topliss-reactive ketones (excluding diaryl/α,β-unsaturated/α-hetero) is 1. The van der Waals surface area contributed by atoms with Crippen molar-refractivity contribution in [1.29, 1.82) is 0 Å². The number of nitrogens with zero attached hydrogens (tertiary/aromatic N) is 4. The van der Waals surface area contributed by atoms with Gasteiger partial charge < -0.3 is 4.74 Å². The molecule has 0 spiro atoms. The van der Waals surface area contributed by atoms with Crippen LogP contribution in [0, 0.1) is 11.8 Å². The number of ketones is 1. The first kappa shape index (κ1) is 24.7. The summed E-state index contributed by atoms with van der Waals surface area (Å²) in [5.74, 6) is 1.39. The molecule has 0 radical (unpaired) electrons. The molecule has 1 aromatic carbocycles. The Morgan fingerprint density at radius 2 is 1.92 bits per heavy atom. The van der Waals surface area contributed by atoms with Crippen molar-refractivity contribution in [3.8, 4) is 6.01 Å². The van der Waals surface area contributed by atoms with Crippen LogP contribution in [0.5, 0.6) is 6.01 Å². The van der Waals surface area contributed by atoms with E-state index in [0.717, 1.165) is 73.0 Å². The molecule has 0 amide bonds. The lowest BCUT2D eigenvalue weighted by Gasteiger charge is -2.32. The predicted octanol–water partition coefficient (Wildman–Crippen LogP) is 5.50. The molecule has 8 heteroatoms. The monoisotopic (exact) mass is 494 g/mol. The highest BCUT2D eigenvalue weighted by molar-refractivity contribution is 6.07. The number of carbonyl (C=O) groups excluding carboxylic acids is 1. The lowest BCUT2D eigenvalue weighted by atomic mass is 9.78. The summed E-state index contributed by atoms with van der Waals surface area (Å²) in [5, 5.41) is 0.948. The molecule has 1 saturated carbocycles. The van der Waals surface area contributed by atoms with E-state index in [0.29, 0.717) is 18.3 Å². The Balaban J connectivity index is 1.06. The number of rotatable bonds is 9. The van der Waals surface area contributed by atoms with Crippen LogP contribution in [-0.2, 0) is 13.0 Å². The van der Waals surface area contributed by atoms with Crippen LogP contribution in [0.4, 0.5) is 8.78 Å². The summed E-state index contributed by atoms with van der Waals surface area (Å²) in [5.41, 5.74) is 3.62. The summed E-state index contributed by atoms with van der Waals surface area (Å²) >= 11 is 0. The first-order valence-electron chi connectivity index (χ1n) is 12.9. The molecular weight excluding hydrogens is 462 g/mol. The number of hydrogen-bond acceptors (Lipinski definition) is 6. The molecule has 0 unspecified atom stereocenters. The molecule has 36 heavy (non-hydrogen) atoms. The van der Waals surface area contributed by atoms with E-state index in [1.54, 1.807) is 12.4 Å². The number of halogens is 2. The van der Waals surface area contributed by atoms with Crippen molar-refractivity contribution in [3.63, 3.8) is 0 Å². The number of fused-ring (bicyclic) bond motifs is 2. The van der Waals surface area contributed by atoms with Gasteiger partial charge in [-0.1, -0.05) is 31.0 Å². The Morgan fingerprint density at radius 1 is 1.08 bits per heavy atom. The van der Waals surface area contributed by atoms with E-state index in [-0.39, 0.29) is 11.8 Å². The minimum atomic E-state index is -2.53. The number of carbonyl (C=O) groups is 1. The van der Waals surface area contributed by atoms with E-state index in [1.807, 2.05) is 30.3 Å². The maximum atomic E-state index is 13.0. The summed E-state index contributed by atoms with van der Waals surface area (Å²) in [6, 6.07) is 9.71. The first-order valence-corrected chi connectivity index (χ1v) is 12.9. The van der Waals surface area contributed by atoms with Crippen LogP contribution >= 0.6 is 0 Å². The molecule has 190 valence electrons. The normalized spacial score (nSPS) is 20.4. The highest BCUT2D eigenvalue weighted by Crippen LogP contribution is 2.34. The van der Waals surface area contributed by atoms with E-state index < -0.39 is 13.0 Å². The molecule has 0 bridgehead atoms. The van der Waals surface area contributed by atoms with Gasteiger partial charge in [-0.2, -0.15) is 4.98 Å². The van der Waals surface area contributed by atoms with Crippen molar-refractivity contribution in [3.05, 3.63) is 59.5 Å². The van der Waals surface area contributed by atoms with Crippen molar-refractivity contribution in [2.75, 3.05) is 19.7 Å². The van der Waals surface area contributed by atoms with Gasteiger partial charge in [0.15, 0.2) is 12.4 Å². The molecule has 0 saturated heterocycles. The van der Waals surface area contributed by atoms with Gasteiger partial charge in [-0.15, -0.1) is 0 Å². The average Bonchev–Trinajstić information content (AvgIpc) is 2.91. The third-order valence-electron chi connectivity index (χ3n) is 7.57. The fraction of sp³-hybridized carbons (Fsp3) is 0.500. The van der Waals surface area contributed by atoms with Crippen molar-refractivity contribution < 1.29 is 18.3 Å². The summed E-state index contributed by atoms with van der Waals surface area (Å²) in [4.78, 5) is 28.3. The molecule has 5 rings (SSSR count). The van der Waals surface area contributed by atoms with Gasteiger partial charge in [-0.25, -0.2) is 13.8 Å². The topological polar surface area (TPSA) is 68.2 Å². The number of hydrogen-bond donors (Lipinski definition) is 0. The summed E-state index contributed by atoms with van der Waals surface area (Å²) in [7, 11) is 0. The van der Waals surface area contributed by atoms with Crippen molar-refractivity contribution in [2.45, 2.75) is 57.9 Å². The van der Waals surface area contributed by atoms with Gasteiger partial charge in [0, 0.05) is 54.8 Å². The van der Waals surface area contributed by atoms with Gasteiger partial charge >= 0.3 is 6.01 Å². The molecule has 2 aromatic heterocycles. The van der Waals surface area contributed by atoms with Crippen LogP contribution in [-0.4, -0.2) is 51.8 Å². The molecular formula is C28H32F2N4O2. The smallest absolute Gasteiger partial charge is 0.316 e. The molecule has 1 aliphatic heterocycles. The van der Waals surface area contributed by atoms with Gasteiger partial charge in [0.1, 0.15) is 0 Å². The third kappa shape index (κ3) is 6.03. The first-order chi connectivity index (χ1) is 17.5. The fourth-order valence-electron chi connectivity index (χ4n) is 5.56. The third-order valence-corrected chi connectivity index (χ3v) is 7.57. The Morgan fingerprint density at radius 3 is 2.75 bits per heavy atom. The quantitative estimate of drug-likeness (QED) is 0.366. The summed E-state index contributed by atoms with van der Waals surface area (Å²) in [6.45, 7) is 2.04. The Bertz CT molecular complexity index is 1190. The highest BCUT2D eigenvalue weighted by atomic mass is 19.3. The number of pyridine rings is 1. The lowest BCUT2D eigenvalue weighted by molar-refractivity contribution is 0.0766. The van der Waals surface area contributed by atoms with E-state index in [1.165, 1.54) is 12.8 Å². The number of alkyl halides is 2. The SMILES string of the molecule is O=C(CC1CCC(CCN2CCc3nc(OCC(F)F)ncc3C2)CC1)c1cccc2ncccc12. The number of ether oxygens (including phenoxy) is 1. The second-order valence-corrected chi connectivity index (χ2v) is 10.0. The second-order valence-electron chi connectivity index (χ2n) is 10.0. The maximum absolute atomic E-state index is 13.0. The lowest BCUT2D eigenvalue weighted by Crippen LogP contribution is -2.33. The van der Waals surface area contributed by atoms with Crippen LogP contribution < -0.4 is 4.74 Å². The molecule has 3 heterocycles. The second kappa shape index (κ2) is 11.4. The molecule has 1 aliphatic carbocycles. The zero-order chi connectivity index (χ0) is 24.9. The van der Waals surface area contributed by atoms with Crippen LogP contribution in [0.25, 0.3) is 10.9 Å². The van der Waals surface area contributed by atoms with Crippen LogP contribution in [0.2, 0.25) is 0 Å². The largest absolute Gasteiger partial charge is 0.457 e. The Hall–Kier alpha value is -3.00. The molecule has 3 aromatic rings. The predicted molar refractivity (Wildman–Crippen MR) is 133 cm³/mol. The van der Waals surface area contributed by atoms with Crippen LogP contribution in [0.3, 0.4) is 0 Å². The van der Waals surface area contributed by atoms with E-state index in [4.69, 9.17) is 4.74 Å². The number of benzene rings is 1. The maximum Gasteiger partial charge on any atom is 0.316 e. The van der Waals surface area contributed by atoms with Crippen LogP contribution in [0.1, 0.15) is 60.1 Å². The fourth-order valence-corrected chi connectivity index (χ4v) is 5.56.